The second kappa shape index (κ2) is 6.75. The molecule has 0 bridgehead atoms. The molecule has 0 amide bonds. The Hall–Kier alpha value is -1.03. The molecule has 7 nitrogen and oxygen atoms in total. The molecule has 0 saturated carbocycles. The summed E-state index contributed by atoms with van der Waals surface area (Å²) in [4.78, 5) is 0.103. The van der Waals surface area contributed by atoms with Gasteiger partial charge < -0.3 is 18.9 Å². The molecule has 0 unspecified atom stereocenters. The van der Waals surface area contributed by atoms with Gasteiger partial charge in [-0.2, -0.15) is 8.42 Å². The van der Waals surface area contributed by atoms with E-state index in [1.807, 2.05) is 20.8 Å². The van der Waals surface area contributed by atoms with Crippen molar-refractivity contribution >= 4 is 10.1 Å². The maximum atomic E-state index is 12.9. The van der Waals surface area contributed by atoms with Crippen LogP contribution in [-0.4, -0.2) is 50.5 Å². The molecule has 0 N–H and O–H groups in total. The van der Waals surface area contributed by atoms with Crippen LogP contribution >= 0.6 is 0 Å². The first-order valence-corrected chi connectivity index (χ1v) is 11.1. The predicted octanol–water partition coefficient (Wildman–Crippen LogP) is 2.90. The van der Waals surface area contributed by atoms with Crippen LogP contribution in [0.1, 0.15) is 46.1 Å². The summed E-state index contributed by atoms with van der Waals surface area (Å²) in [5, 5.41) is 0. The summed E-state index contributed by atoms with van der Waals surface area (Å²) in [6.45, 7) is 9.46. The Morgan fingerprint density at radius 2 is 1.68 bits per heavy atom. The van der Waals surface area contributed by atoms with Crippen molar-refractivity contribution < 1.29 is 31.5 Å². The monoisotopic (exact) mass is 412 g/mol. The van der Waals surface area contributed by atoms with E-state index >= 15 is 0 Å². The van der Waals surface area contributed by atoms with Gasteiger partial charge in [-0.15, -0.1) is 0 Å². The summed E-state index contributed by atoms with van der Waals surface area (Å²) in [6.07, 6.45) is -1.44. The number of benzene rings is 1. The summed E-state index contributed by atoms with van der Waals surface area (Å²) >= 11 is 0. The highest BCUT2D eigenvalue weighted by atomic mass is 32.2. The molecule has 28 heavy (non-hydrogen) atoms. The van der Waals surface area contributed by atoms with E-state index in [2.05, 4.69) is 0 Å². The predicted molar refractivity (Wildman–Crippen MR) is 100 cm³/mol. The van der Waals surface area contributed by atoms with Gasteiger partial charge in [0, 0.05) is 0 Å². The molecule has 5 atom stereocenters. The summed E-state index contributed by atoms with van der Waals surface area (Å²) < 4.78 is 55.4. The van der Waals surface area contributed by atoms with Gasteiger partial charge in [0.1, 0.15) is 18.3 Å². The van der Waals surface area contributed by atoms with E-state index in [1.54, 1.807) is 26.0 Å². The van der Waals surface area contributed by atoms with Crippen molar-refractivity contribution in [2.75, 3.05) is 0 Å². The van der Waals surface area contributed by atoms with Gasteiger partial charge in [-0.05, 0) is 59.6 Å². The zero-order valence-corrected chi connectivity index (χ0v) is 17.7. The molecule has 8 heteroatoms. The molecule has 0 aliphatic carbocycles. The molecule has 156 valence electrons. The van der Waals surface area contributed by atoms with E-state index in [0.717, 1.165) is 18.4 Å². The molecule has 0 aromatic heterocycles. The highest BCUT2D eigenvalue weighted by Crippen LogP contribution is 2.44. The smallest absolute Gasteiger partial charge is 0.297 e. The maximum Gasteiger partial charge on any atom is 0.297 e. The van der Waals surface area contributed by atoms with Crippen molar-refractivity contribution in [3.05, 3.63) is 29.8 Å². The third-order valence-corrected chi connectivity index (χ3v) is 6.77. The van der Waals surface area contributed by atoms with Gasteiger partial charge in [-0.3, -0.25) is 4.18 Å². The number of hydrogen-bond donors (Lipinski definition) is 0. The van der Waals surface area contributed by atoms with Gasteiger partial charge in [0.05, 0.1) is 16.6 Å². The lowest BCUT2D eigenvalue weighted by Gasteiger charge is -2.29. The van der Waals surface area contributed by atoms with E-state index in [9.17, 15) is 8.42 Å². The molecule has 3 fully saturated rings. The van der Waals surface area contributed by atoms with E-state index < -0.39 is 40.5 Å². The van der Waals surface area contributed by atoms with Crippen LogP contribution in [0, 0.1) is 6.92 Å². The summed E-state index contributed by atoms with van der Waals surface area (Å²) in [6, 6.07) is 6.56. The summed E-state index contributed by atoms with van der Waals surface area (Å²) in [7, 11) is -4.00. The SMILES string of the molecule is Cc1ccc(S(=O)(=O)O[C@H]2[C@H]3OC(C)(C)O[C@H]3O[C@@H]2[C@H]2CCC(C)(C)O2)cc1. The van der Waals surface area contributed by atoms with Crippen LogP contribution in [0.15, 0.2) is 29.2 Å². The van der Waals surface area contributed by atoms with Gasteiger partial charge in [-0.1, -0.05) is 17.7 Å². The highest BCUT2D eigenvalue weighted by molar-refractivity contribution is 7.86. The first-order valence-electron chi connectivity index (χ1n) is 9.65. The quantitative estimate of drug-likeness (QED) is 0.704. The topological polar surface area (TPSA) is 80.3 Å². The summed E-state index contributed by atoms with van der Waals surface area (Å²) in [5.74, 6) is -0.870. The molecule has 1 aromatic rings. The van der Waals surface area contributed by atoms with Crippen LogP contribution in [0.5, 0.6) is 0 Å². The second-order valence-electron chi connectivity index (χ2n) is 8.85. The number of fused-ring (bicyclic) bond motifs is 1. The highest BCUT2D eigenvalue weighted by Gasteiger charge is 2.59. The van der Waals surface area contributed by atoms with Crippen molar-refractivity contribution in [3.63, 3.8) is 0 Å². The third kappa shape index (κ3) is 3.86. The normalized spacial score (nSPS) is 36.5. The molecule has 3 aliphatic heterocycles. The van der Waals surface area contributed by atoms with E-state index in [1.165, 1.54) is 12.1 Å². The average Bonchev–Trinajstić information content (AvgIpc) is 3.18. The molecular formula is C20H28O7S. The molecule has 0 spiro atoms. The Balaban J connectivity index is 1.61. The minimum Gasteiger partial charge on any atom is -0.370 e. The Morgan fingerprint density at radius 1 is 1.00 bits per heavy atom. The van der Waals surface area contributed by atoms with Crippen LogP contribution in [0.4, 0.5) is 0 Å². The Bertz CT molecular complexity index is 831. The van der Waals surface area contributed by atoms with Crippen LogP contribution in [0.3, 0.4) is 0 Å². The Kier molecular flexibility index (Phi) is 4.88. The van der Waals surface area contributed by atoms with Gasteiger partial charge in [-0.25, -0.2) is 0 Å². The van der Waals surface area contributed by atoms with Crippen molar-refractivity contribution in [2.24, 2.45) is 0 Å². The fourth-order valence-corrected chi connectivity index (χ4v) is 5.16. The fraction of sp³-hybridized carbons (Fsp3) is 0.700. The Labute approximate surface area is 166 Å². The second-order valence-corrected chi connectivity index (χ2v) is 10.4. The summed E-state index contributed by atoms with van der Waals surface area (Å²) in [5.41, 5.74) is 0.685. The number of hydrogen-bond acceptors (Lipinski definition) is 7. The number of ether oxygens (including phenoxy) is 4. The maximum absolute atomic E-state index is 12.9. The van der Waals surface area contributed by atoms with E-state index in [4.69, 9.17) is 23.1 Å². The van der Waals surface area contributed by atoms with E-state index in [-0.39, 0.29) is 16.6 Å². The lowest BCUT2D eigenvalue weighted by molar-refractivity contribution is -0.228. The minimum atomic E-state index is -4.00. The first kappa shape index (κ1) is 20.3. The molecule has 4 rings (SSSR count). The fourth-order valence-electron chi connectivity index (χ4n) is 4.07. The molecule has 3 heterocycles. The molecular weight excluding hydrogens is 384 g/mol. The van der Waals surface area contributed by atoms with Crippen LogP contribution in [0.25, 0.3) is 0 Å². The molecule has 3 aliphatic rings. The first-order chi connectivity index (χ1) is 13.0. The zero-order valence-electron chi connectivity index (χ0n) is 16.9. The lowest BCUT2D eigenvalue weighted by Crippen LogP contribution is -2.44. The van der Waals surface area contributed by atoms with E-state index in [0.29, 0.717) is 0 Å². The van der Waals surface area contributed by atoms with Crippen LogP contribution in [0.2, 0.25) is 0 Å². The van der Waals surface area contributed by atoms with Crippen molar-refractivity contribution in [1.29, 1.82) is 0 Å². The zero-order chi connectivity index (χ0) is 20.3. The molecule has 3 saturated heterocycles. The lowest BCUT2D eigenvalue weighted by atomic mass is 10.0. The van der Waals surface area contributed by atoms with Crippen molar-refractivity contribution in [3.8, 4) is 0 Å². The number of aryl methyl sites for hydroxylation is 1. The van der Waals surface area contributed by atoms with Gasteiger partial charge in [0.15, 0.2) is 12.1 Å². The van der Waals surface area contributed by atoms with Gasteiger partial charge in [0.25, 0.3) is 10.1 Å². The molecule has 1 aromatic carbocycles. The van der Waals surface area contributed by atoms with Crippen molar-refractivity contribution in [2.45, 2.75) is 94.4 Å². The minimum absolute atomic E-state index is 0.103. The molecule has 0 radical (unpaired) electrons. The van der Waals surface area contributed by atoms with Gasteiger partial charge in [0.2, 0.25) is 0 Å². The van der Waals surface area contributed by atoms with Crippen LogP contribution < -0.4 is 0 Å². The Morgan fingerprint density at radius 3 is 2.29 bits per heavy atom. The average molecular weight is 413 g/mol. The number of rotatable bonds is 4. The standard InChI is InChI=1S/C20H28O7S/c1-12-6-8-13(9-7-12)28(21,22)27-16-15(14-10-11-19(2,3)24-14)23-18-17(16)25-20(4,5)26-18/h6-9,14-18H,10-11H2,1-5H3/t14-,15-,16-,17-,18-/m1/s1. The largest absolute Gasteiger partial charge is 0.370 e. The van der Waals surface area contributed by atoms with Gasteiger partial charge >= 0.3 is 0 Å². The van der Waals surface area contributed by atoms with Crippen molar-refractivity contribution in [1.82, 2.24) is 0 Å². The third-order valence-electron chi connectivity index (χ3n) is 5.44. The van der Waals surface area contributed by atoms with Crippen LogP contribution in [-0.2, 0) is 33.2 Å².